The summed E-state index contributed by atoms with van der Waals surface area (Å²) in [4.78, 5) is 0.103. The van der Waals surface area contributed by atoms with Crippen molar-refractivity contribution in [1.82, 2.24) is 5.16 Å². The van der Waals surface area contributed by atoms with Gasteiger partial charge in [0.15, 0.2) is 10.9 Å². The molecule has 0 radical (unpaired) electrons. The van der Waals surface area contributed by atoms with Gasteiger partial charge in [0.25, 0.3) is 10.0 Å². The Bertz CT molecular complexity index is 1060. The number of anilines is 3. The van der Waals surface area contributed by atoms with Gasteiger partial charge in [0.2, 0.25) is 0 Å². The van der Waals surface area contributed by atoms with Gasteiger partial charge in [-0.25, -0.2) is 8.42 Å². The van der Waals surface area contributed by atoms with Crippen LogP contribution in [0.4, 0.5) is 17.2 Å². The first-order chi connectivity index (χ1) is 12.8. The lowest BCUT2D eigenvalue weighted by Crippen LogP contribution is -2.19. The van der Waals surface area contributed by atoms with E-state index >= 15 is 0 Å². The Morgan fingerprint density at radius 3 is 2.33 bits per heavy atom. The average molecular weight is 403 g/mol. The molecule has 0 aliphatic carbocycles. The van der Waals surface area contributed by atoms with Crippen molar-refractivity contribution in [1.29, 1.82) is 0 Å². The molecule has 0 amide bonds. The predicted octanol–water partition coefficient (Wildman–Crippen LogP) is 3.90. The monoisotopic (exact) mass is 402 g/mol. The highest BCUT2D eigenvalue weighted by atomic mass is 32.2. The van der Waals surface area contributed by atoms with E-state index in [0.29, 0.717) is 16.6 Å². The molecule has 140 valence electrons. The van der Waals surface area contributed by atoms with Crippen LogP contribution in [0.2, 0.25) is 0 Å². The molecule has 0 saturated carbocycles. The number of hydrogen-bond donors (Lipinski definition) is 3. The quantitative estimate of drug-likeness (QED) is 0.557. The molecule has 9 heteroatoms. The lowest BCUT2D eigenvalue weighted by atomic mass is 10.2. The Morgan fingerprint density at radius 2 is 1.70 bits per heavy atom. The summed E-state index contributed by atoms with van der Waals surface area (Å²) in [5.41, 5.74) is 2.65. The van der Waals surface area contributed by atoms with Gasteiger partial charge in [-0.2, -0.15) is 0 Å². The zero-order chi connectivity index (χ0) is 19.4. The lowest BCUT2D eigenvalue weighted by molar-refractivity contribution is 0.400. The molecule has 1 aromatic heterocycles. The standard InChI is InChI=1S/C18H18N4O3S2/c1-12-4-3-5-15(10-12)20-18(26)19-14-6-8-16(9-7-14)27(23,24)22-17-11-13(2)25-21-17/h3-11H,1-2H3,(H,21,22)(H2,19,20,26). The molecule has 0 fully saturated rings. The molecule has 0 bridgehead atoms. The largest absolute Gasteiger partial charge is 0.360 e. The van der Waals surface area contributed by atoms with Crippen LogP contribution in [0.3, 0.4) is 0 Å². The summed E-state index contributed by atoms with van der Waals surface area (Å²) in [5.74, 6) is 0.653. The smallest absolute Gasteiger partial charge is 0.263 e. The Balaban J connectivity index is 1.65. The molecule has 7 nitrogen and oxygen atoms in total. The number of rotatable bonds is 5. The van der Waals surface area contributed by atoms with Gasteiger partial charge in [-0.15, -0.1) is 0 Å². The second-order valence-electron chi connectivity index (χ2n) is 5.90. The summed E-state index contributed by atoms with van der Waals surface area (Å²) in [6.45, 7) is 3.67. The molecule has 0 aliphatic heterocycles. The van der Waals surface area contributed by atoms with E-state index in [9.17, 15) is 8.42 Å². The van der Waals surface area contributed by atoms with Crippen molar-refractivity contribution in [3.05, 3.63) is 65.9 Å². The highest BCUT2D eigenvalue weighted by Gasteiger charge is 2.16. The van der Waals surface area contributed by atoms with Gasteiger partial charge >= 0.3 is 0 Å². The van der Waals surface area contributed by atoms with E-state index in [2.05, 4.69) is 20.5 Å². The maximum Gasteiger partial charge on any atom is 0.263 e. The van der Waals surface area contributed by atoms with E-state index in [1.54, 1.807) is 19.1 Å². The second-order valence-corrected chi connectivity index (χ2v) is 7.99. The van der Waals surface area contributed by atoms with Crippen LogP contribution in [0.25, 0.3) is 0 Å². The van der Waals surface area contributed by atoms with Crippen molar-refractivity contribution in [2.75, 3.05) is 15.4 Å². The summed E-state index contributed by atoms with van der Waals surface area (Å²) in [7, 11) is -3.75. The third-order valence-electron chi connectivity index (χ3n) is 3.57. The fraction of sp³-hybridized carbons (Fsp3) is 0.111. The molecule has 1 heterocycles. The summed E-state index contributed by atoms with van der Waals surface area (Å²) < 4.78 is 32.0. The van der Waals surface area contributed by atoms with Crippen molar-refractivity contribution >= 4 is 44.5 Å². The average Bonchev–Trinajstić information content (AvgIpc) is 2.99. The van der Waals surface area contributed by atoms with Crippen LogP contribution in [0.1, 0.15) is 11.3 Å². The number of nitrogens with one attached hydrogen (secondary N) is 3. The first-order valence-corrected chi connectivity index (χ1v) is 9.92. The Labute approximate surface area is 162 Å². The van der Waals surface area contributed by atoms with Gasteiger partial charge < -0.3 is 15.2 Å². The normalized spacial score (nSPS) is 11.0. The molecule has 3 N–H and O–H groups in total. The Hall–Kier alpha value is -2.91. The maximum absolute atomic E-state index is 12.4. The van der Waals surface area contributed by atoms with Gasteiger partial charge in [0.05, 0.1) is 4.90 Å². The Kier molecular flexibility index (Phi) is 5.43. The van der Waals surface area contributed by atoms with Crippen LogP contribution in [0.5, 0.6) is 0 Å². The highest BCUT2D eigenvalue weighted by Crippen LogP contribution is 2.18. The summed E-state index contributed by atoms with van der Waals surface area (Å²) in [5, 5.41) is 10.1. The van der Waals surface area contributed by atoms with Crippen LogP contribution in [-0.4, -0.2) is 18.7 Å². The number of sulfonamides is 1. The third kappa shape index (κ3) is 5.05. The first-order valence-electron chi connectivity index (χ1n) is 8.03. The van der Waals surface area contributed by atoms with Gasteiger partial charge in [0, 0.05) is 17.4 Å². The summed E-state index contributed by atoms with van der Waals surface area (Å²) in [6.07, 6.45) is 0. The number of thiocarbonyl (C=S) groups is 1. The van der Waals surface area contributed by atoms with Crippen LogP contribution in [0.15, 0.2) is 64.0 Å². The number of nitrogens with zero attached hydrogens (tertiary/aromatic N) is 1. The van der Waals surface area contributed by atoms with Gasteiger partial charge in [-0.05, 0) is 68.0 Å². The fourth-order valence-electron chi connectivity index (χ4n) is 2.34. The number of aryl methyl sites for hydroxylation is 2. The molecule has 3 aromatic rings. The fourth-order valence-corrected chi connectivity index (χ4v) is 3.56. The zero-order valence-electron chi connectivity index (χ0n) is 14.7. The number of benzene rings is 2. The zero-order valence-corrected chi connectivity index (χ0v) is 16.3. The topological polar surface area (TPSA) is 96.3 Å². The molecule has 0 atom stereocenters. The molecule has 0 saturated heterocycles. The molecule has 2 aromatic carbocycles. The Morgan fingerprint density at radius 1 is 1.00 bits per heavy atom. The van der Waals surface area contributed by atoms with Crippen molar-refractivity contribution in [2.24, 2.45) is 0 Å². The van der Waals surface area contributed by atoms with Crippen molar-refractivity contribution < 1.29 is 12.9 Å². The van der Waals surface area contributed by atoms with Gasteiger partial charge in [-0.3, -0.25) is 4.72 Å². The molecular formula is C18H18N4O3S2. The molecule has 27 heavy (non-hydrogen) atoms. The van der Waals surface area contributed by atoms with E-state index in [1.807, 2.05) is 31.2 Å². The third-order valence-corrected chi connectivity index (χ3v) is 5.14. The van der Waals surface area contributed by atoms with E-state index in [0.717, 1.165) is 11.3 Å². The van der Waals surface area contributed by atoms with Crippen molar-refractivity contribution in [3.63, 3.8) is 0 Å². The second kappa shape index (κ2) is 7.77. The van der Waals surface area contributed by atoms with E-state index in [-0.39, 0.29) is 10.7 Å². The van der Waals surface area contributed by atoms with Crippen LogP contribution < -0.4 is 15.4 Å². The van der Waals surface area contributed by atoms with Crippen molar-refractivity contribution in [2.45, 2.75) is 18.7 Å². The van der Waals surface area contributed by atoms with Crippen LogP contribution in [-0.2, 0) is 10.0 Å². The highest BCUT2D eigenvalue weighted by molar-refractivity contribution is 7.92. The molecule has 0 spiro atoms. The SMILES string of the molecule is Cc1cccc(NC(=S)Nc2ccc(S(=O)(=O)Nc3cc(C)on3)cc2)c1. The van der Waals surface area contributed by atoms with Crippen molar-refractivity contribution in [3.8, 4) is 0 Å². The minimum absolute atomic E-state index is 0.103. The predicted molar refractivity (Wildman–Crippen MR) is 110 cm³/mol. The van der Waals surface area contributed by atoms with E-state index in [1.165, 1.54) is 18.2 Å². The summed E-state index contributed by atoms with van der Waals surface area (Å²) >= 11 is 5.29. The lowest BCUT2D eigenvalue weighted by Gasteiger charge is -2.11. The van der Waals surface area contributed by atoms with Crippen LogP contribution >= 0.6 is 12.2 Å². The summed E-state index contributed by atoms with van der Waals surface area (Å²) in [6, 6.07) is 15.5. The van der Waals surface area contributed by atoms with Gasteiger partial charge in [0.1, 0.15) is 5.76 Å². The molecule has 0 aliphatic rings. The molecular weight excluding hydrogens is 384 g/mol. The van der Waals surface area contributed by atoms with Gasteiger partial charge in [-0.1, -0.05) is 17.3 Å². The maximum atomic E-state index is 12.4. The first kappa shape index (κ1) is 18.9. The van der Waals surface area contributed by atoms with E-state index in [4.69, 9.17) is 16.7 Å². The minimum Gasteiger partial charge on any atom is -0.360 e. The number of aromatic nitrogens is 1. The molecule has 0 unspecified atom stereocenters. The molecule has 3 rings (SSSR count). The van der Waals surface area contributed by atoms with E-state index < -0.39 is 10.0 Å². The minimum atomic E-state index is -3.75. The van der Waals surface area contributed by atoms with Crippen LogP contribution in [0, 0.1) is 13.8 Å². The number of hydrogen-bond acceptors (Lipinski definition) is 5.